The molecule has 0 radical (unpaired) electrons. The Bertz CT molecular complexity index is 2500. The maximum Gasteiger partial charge on any atom is 0.540 e. The van der Waals surface area contributed by atoms with Crippen LogP contribution < -0.4 is 18.9 Å². The lowest BCUT2D eigenvalue weighted by Gasteiger charge is -2.33. The third-order valence-corrected chi connectivity index (χ3v) is 14.1. The van der Waals surface area contributed by atoms with E-state index in [9.17, 15) is 0 Å². The molecule has 9 nitrogen and oxygen atoms in total. The van der Waals surface area contributed by atoms with Crippen molar-refractivity contribution >= 4 is 30.8 Å². The Kier molecular flexibility index (Phi) is 17.5. The third-order valence-electron chi connectivity index (χ3n) is 12.3. The van der Waals surface area contributed by atoms with Crippen molar-refractivity contribution in [2.45, 2.75) is 110 Å². The van der Waals surface area contributed by atoms with E-state index in [2.05, 4.69) is 120 Å². The van der Waals surface area contributed by atoms with E-state index < -0.39 is 12.8 Å². The highest BCUT2D eigenvalue weighted by atomic mass is 32.4. The van der Waals surface area contributed by atoms with Crippen molar-refractivity contribution in [1.29, 1.82) is 0 Å². The molecule has 2 unspecified atom stereocenters. The maximum absolute atomic E-state index is 9.07. The fourth-order valence-corrected chi connectivity index (χ4v) is 9.58. The van der Waals surface area contributed by atoms with Gasteiger partial charge in [-0.2, -0.15) is 0 Å². The number of azide groups is 1. The monoisotopic (exact) mass is 907 g/mol. The second kappa shape index (κ2) is 23.4. The van der Waals surface area contributed by atoms with Crippen LogP contribution in [0.1, 0.15) is 126 Å². The molecule has 0 saturated carbocycles. The van der Waals surface area contributed by atoms with Gasteiger partial charge in [0.1, 0.15) is 18.1 Å². The summed E-state index contributed by atoms with van der Waals surface area (Å²) in [5, 5.41) is 8.46. The van der Waals surface area contributed by atoms with Gasteiger partial charge >= 0.3 is 7.07 Å². The summed E-state index contributed by atoms with van der Waals surface area (Å²) in [6.45, 7) is 15.1. The van der Waals surface area contributed by atoms with Crippen LogP contribution in [0.5, 0.6) is 17.2 Å². The summed E-state index contributed by atoms with van der Waals surface area (Å²) in [5.41, 5.74) is 19.4. The minimum Gasteiger partial charge on any atom is -0.492 e. The fraction of sp³-hybridized carbons (Fsp3) is 0.389. The fourth-order valence-electron chi connectivity index (χ4n) is 8.64. The van der Waals surface area contributed by atoms with Crippen molar-refractivity contribution in [2.24, 2.45) is 10.2 Å². The molecule has 11 heteroatoms. The number of benzene rings is 5. The molecule has 5 aromatic rings. The minimum absolute atomic E-state index is 0.0551. The highest BCUT2D eigenvalue weighted by Gasteiger charge is 2.42. The second-order valence-corrected chi connectivity index (χ2v) is 18.9. The first-order valence-corrected chi connectivity index (χ1v) is 25.5. The molecule has 2 atom stereocenters. The molecule has 0 aromatic heterocycles. The van der Waals surface area contributed by atoms with Crippen LogP contribution in [0.4, 0.5) is 5.69 Å². The third kappa shape index (κ3) is 12.3. The van der Waals surface area contributed by atoms with Crippen LogP contribution in [0.2, 0.25) is 0 Å². The van der Waals surface area contributed by atoms with Crippen molar-refractivity contribution in [3.05, 3.63) is 153 Å². The number of hydrazone groups is 1. The molecule has 0 aliphatic heterocycles. The van der Waals surface area contributed by atoms with Gasteiger partial charge in [-0.25, -0.2) is 0 Å². The number of hydrogen-bond donors (Lipinski definition) is 0. The largest absolute Gasteiger partial charge is 0.540 e. The summed E-state index contributed by atoms with van der Waals surface area (Å²) >= 11 is 5.65. The number of unbranched alkanes of at least 4 members (excludes halogenated alkanes) is 2. The number of ether oxygens (including phenoxy) is 2. The maximum atomic E-state index is 9.07. The smallest absolute Gasteiger partial charge is 0.492 e. The molecule has 6 rings (SSSR count). The number of rotatable bonds is 23. The Labute approximate surface area is 393 Å². The molecule has 0 amide bonds. The summed E-state index contributed by atoms with van der Waals surface area (Å²) < 4.78 is 19.9. The summed E-state index contributed by atoms with van der Waals surface area (Å²) in [7, 11) is 0.346. The summed E-state index contributed by atoms with van der Waals surface area (Å²) in [6, 6.07) is 37.5. The molecule has 1 aliphatic carbocycles. The molecular formula is C54H64N6O3PS+. The average molecular weight is 908 g/mol. The molecular weight excluding hydrogens is 844 g/mol. The van der Waals surface area contributed by atoms with Gasteiger partial charge in [-0.3, -0.25) is 4.52 Å². The van der Waals surface area contributed by atoms with Gasteiger partial charge < -0.3 is 14.4 Å². The number of anilines is 1. The van der Waals surface area contributed by atoms with Crippen LogP contribution in [0.25, 0.3) is 21.6 Å². The highest BCUT2D eigenvalue weighted by Crippen LogP contribution is 2.54. The molecule has 0 fully saturated rings. The van der Waals surface area contributed by atoms with Crippen LogP contribution in [-0.4, -0.2) is 43.5 Å². The van der Waals surface area contributed by atoms with Crippen molar-refractivity contribution in [1.82, 2.24) is 4.78 Å². The van der Waals surface area contributed by atoms with Gasteiger partial charge in [0.25, 0.3) is 0 Å². The second-order valence-electron chi connectivity index (χ2n) is 16.8. The predicted molar refractivity (Wildman–Crippen MR) is 273 cm³/mol. The Morgan fingerprint density at radius 3 is 2.02 bits per heavy atom. The van der Waals surface area contributed by atoms with E-state index in [-0.39, 0.29) is 5.41 Å². The first-order chi connectivity index (χ1) is 31.6. The molecule has 0 spiro atoms. The van der Waals surface area contributed by atoms with Gasteiger partial charge in [0.15, 0.2) is 11.5 Å². The van der Waals surface area contributed by atoms with Crippen LogP contribution in [0.15, 0.2) is 119 Å². The standard InChI is InChI=1S/C54H64N6O3PS/c1-8-13-34-53(35-14-9-2)51-38-41(6)15-31-49(51)50-32-22-43(39-52(50)53)17-16-42-18-23-45(24-19-42)60(12-5)36-37-61-46-27-29-48(30-28-46)63-64(65)59(7)56-40-44-20-25-47(26-21-44)62-54(11-4,33-10-3)57-58-55/h15,18-32,38-40H,8-14,33-37H2,1-7H3/q+1/b56-40+. The number of fused-ring (bicyclic) bond motifs is 3. The SMILES string of the molecule is CCCCC1(CCCC)c2cc(C)ccc2-c2ccc(C#Cc3ccc(N(CC)CCOc4ccc(O[P+](=S)N(C)/N=C/c5ccc(OC(CC)(CCC)N=[N+]=[N-])cc5)cc4)cc3)cc21. The van der Waals surface area contributed by atoms with Gasteiger partial charge in [0.2, 0.25) is 11.8 Å². The Balaban J connectivity index is 0.999. The van der Waals surface area contributed by atoms with Gasteiger partial charge in [-0.1, -0.05) is 106 Å². The van der Waals surface area contributed by atoms with E-state index in [4.69, 9.17) is 31.3 Å². The van der Waals surface area contributed by atoms with Crippen molar-refractivity contribution < 1.29 is 14.0 Å². The topological polar surface area (TPSA) is 95.3 Å². The Morgan fingerprint density at radius 2 is 1.38 bits per heavy atom. The van der Waals surface area contributed by atoms with E-state index in [1.807, 2.05) is 62.4 Å². The molecule has 0 bridgehead atoms. The molecule has 5 aromatic carbocycles. The first kappa shape index (κ1) is 48.6. The Hall–Kier alpha value is -5.84. The van der Waals surface area contributed by atoms with Crippen LogP contribution in [-0.2, 0) is 17.2 Å². The number of aryl methyl sites for hydroxylation is 1. The quantitative estimate of drug-likeness (QED) is 0.0123. The van der Waals surface area contributed by atoms with Crippen molar-refractivity contribution in [3.63, 3.8) is 0 Å². The van der Waals surface area contributed by atoms with E-state index in [0.717, 1.165) is 47.6 Å². The van der Waals surface area contributed by atoms with Crippen LogP contribution >= 0.6 is 7.07 Å². The predicted octanol–water partition coefficient (Wildman–Crippen LogP) is 14.7. The number of nitrogens with zero attached hydrogens (tertiary/aromatic N) is 6. The molecule has 338 valence electrons. The van der Waals surface area contributed by atoms with Gasteiger partial charge in [-0.15, -0.1) is 5.10 Å². The molecule has 65 heavy (non-hydrogen) atoms. The summed E-state index contributed by atoms with van der Waals surface area (Å²) in [6.07, 6.45) is 11.0. The lowest BCUT2D eigenvalue weighted by molar-refractivity contribution is 0.0615. The molecule has 1 aliphatic rings. The van der Waals surface area contributed by atoms with Crippen LogP contribution in [0.3, 0.4) is 0 Å². The Morgan fingerprint density at radius 1 is 0.769 bits per heavy atom. The average Bonchev–Trinajstić information content (AvgIpc) is 3.58. The van der Waals surface area contributed by atoms with Gasteiger partial charge in [-0.05, 0) is 163 Å². The zero-order valence-electron chi connectivity index (χ0n) is 39.2. The zero-order chi connectivity index (χ0) is 46.2. The normalized spacial score (nSPS) is 13.4. The molecule has 0 N–H and O–H groups in total. The lowest BCUT2D eigenvalue weighted by atomic mass is 9.70. The van der Waals surface area contributed by atoms with Gasteiger partial charge in [0, 0.05) is 33.7 Å². The number of hydrogen-bond acceptors (Lipinski definition) is 7. The zero-order valence-corrected chi connectivity index (χ0v) is 40.9. The minimum atomic E-state index is -1.45. The highest BCUT2D eigenvalue weighted by molar-refractivity contribution is 8.02. The number of likely N-dealkylation sites (N-methyl/N-ethyl adjacent to an activating group) is 1. The van der Waals surface area contributed by atoms with Crippen LogP contribution in [0, 0.1) is 18.8 Å². The lowest BCUT2D eigenvalue weighted by Crippen LogP contribution is -2.32. The van der Waals surface area contributed by atoms with E-state index in [1.165, 1.54) is 66.3 Å². The van der Waals surface area contributed by atoms with Crippen molar-refractivity contribution in [3.8, 4) is 40.2 Å². The van der Waals surface area contributed by atoms with E-state index in [1.54, 1.807) is 18.0 Å². The summed E-state index contributed by atoms with van der Waals surface area (Å²) in [4.78, 5) is 5.32. The van der Waals surface area contributed by atoms with Gasteiger partial charge in [0.05, 0.1) is 19.8 Å². The molecule has 0 saturated heterocycles. The molecule has 0 heterocycles. The van der Waals surface area contributed by atoms with Crippen molar-refractivity contribution in [2.75, 3.05) is 31.6 Å². The summed E-state index contributed by atoms with van der Waals surface area (Å²) in [5.74, 6) is 9.02. The van der Waals surface area contributed by atoms with E-state index >= 15 is 0 Å². The van der Waals surface area contributed by atoms with E-state index in [0.29, 0.717) is 30.9 Å². The first-order valence-electron chi connectivity index (χ1n) is 23.2.